The number of allylic oxidation sites excluding steroid dienone is 4. The highest BCUT2D eigenvalue weighted by atomic mass is 16.6. The lowest BCUT2D eigenvalue weighted by Crippen LogP contribution is -2.27. The van der Waals surface area contributed by atoms with Crippen LogP contribution >= 0.6 is 0 Å². The van der Waals surface area contributed by atoms with E-state index in [4.69, 9.17) is 4.74 Å². The van der Waals surface area contributed by atoms with Crippen LogP contribution in [0.15, 0.2) is 34.9 Å². The summed E-state index contributed by atoms with van der Waals surface area (Å²) in [5.41, 5.74) is 2.65. The van der Waals surface area contributed by atoms with Crippen molar-refractivity contribution in [2.45, 2.75) is 90.1 Å². The third kappa shape index (κ3) is 5.30. The van der Waals surface area contributed by atoms with Gasteiger partial charge in [0.25, 0.3) is 0 Å². The molecule has 2 aliphatic rings. The molecular weight excluding hydrogens is 288 g/mol. The van der Waals surface area contributed by atoms with E-state index in [2.05, 4.69) is 20.8 Å². The molecule has 3 heteroatoms. The minimum absolute atomic E-state index is 0.0138. The van der Waals surface area contributed by atoms with Gasteiger partial charge in [0.2, 0.25) is 0 Å². The lowest BCUT2D eigenvalue weighted by atomic mass is 9.90. The van der Waals surface area contributed by atoms with Gasteiger partial charge in [0.15, 0.2) is 0 Å². The smallest absolute Gasteiger partial charge is 0.0923 e. The molecule has 0 spiro atoms. The highest BCUT2D eigenvalue weighted by molar-refractivity contribution is 5.26. The number of rotatable bonds is 0. The average molecular weight is 320 g/mol. The number of aliphatic hydroxyl groups is 2. The zero-order valence-corrected chi connectivity index (χ0v) is 15.2. The standard InChI is InChI=1S/C20H32O3/c1-14(2)16-8-10-19(4,22)13-17(21)12-15(3)6-7-18-20(5,23-18)11-9-16/h8,10,12,17-18,21-22H,6-7,9,11,13H2,1-5H3/b10-8+,15-12-/t17-,18?,19+,20-/m0/s1. The zero-order chi connectivity index (χ0) is 17.3. The van der Waals surface area contributed by atoms with Crippen LogP contribution < -0.4 is 0 Å². The number of fused-ring (bicyclic) bond motifs is 1. The summed E-state index contributed by atoms with van der Waals surface area (Å²) in [6.45, 7) is 10.2. The molecule has 0 bridgehead atoms. The van der Waals surface area contributed by atoms with E-state index >= 15 is 0 Å². The number of hydrogen-bond acceptors (Lipinski definition) is 3. The third-order valence-electron chi connectivity index (χ3n) is 5.11. The lowest BCUT2D eigenvalue weighted by molar-refractivity contribution is 0.0570. The van der Waals surface area contributed by atoms with Crippen LogP contribution in [0, 0.1) is 0 Å². The van der Waals surface area contributed by atoms with E-state index in [1.54, 1.807) is 6.92 Å². The predicted molar refractivity (Wildman–Crippen MR) is 94.3 cm³/mol. The van der Waals surface area contributed by atoms with Gasteiger partial charge in [-0.25, -0.2) is 0 Å². The molecule has 2 N–H and O–H groups in total. The summed E-state index contributed by atoms with van der Waals surface area (Å²) in [5.74, 6) is 0. The van der Waals surface area contributed by atoms with Gasteiger partial charge in [-0.3, -0.25) is 0 Å². The van der Waals surface area contributed by atoms with E-state index in [1.165, 1.54) is 11.1 Å². The first-order valence-corrected chi connectivity index (χ1v) is 8.72. The highest BCUT2D eigenvalue weighted by Gasteiger charge is 2.50. The van der Waals surface area contributed by atoms with Crippen molar-refractivity contribution >= 4 is 0 Å². The Bertz CT molecular complexity index is 523. The van der Waals surface area contributed by atoms with Gasteiger partial charge in [0.05, 0.1) is 23.4 Å². The fourth-order valence-corrected chi connectivity index (χ4v) is 3.36. The van der Waals surface area contributed by atoms with Crippen LogP contribution in [0.4, 0.5) is 0 Å². The second kappa shape index (κ2) is 6.92. The van der Waals surface area contributed by atoms with E-state index in [1.807, 2.05) is 25.2 Å². The highest BCUT2D eigenvalue weighted by Crippen LogP contribution is 2.44. The molecule has 23 heavy (non-hydrogen) atoms. The molecule has 1 unspecified atom stereocenters. The maximum atomic E-state index is 10.5. The van der Waals surface area contributed by atoms with Crippen molar-refractivity contribution in [3.05, 3.63) is 34.9 Å². The van der Waals surface area contributed by atoms with E-state index in [0.29, 0.717) is 12.5 Å². The number of aliphatic hydroxyl groups excluding tert-OH is 1. The average Bonchev–Trinajstić information content (AvgIpc) is 3.05. The monoisotopic (exact) mass is 320 g/mol. The molecule has 1 fully saturated rings. The van der Waals surface area contributed by atoms with Gasteiger partial charge >= 0.3 is 0 Å². The molecule has 0 amide bonds. The normalized spacial score (nSPS) is 42.9. The molecule has 0 aromatic heterocycles. The van der Waals surface area contributed by atoms with Crippen molar-refractivity contribution in [1.29, 1.82) is 0 Å². The molecule has 0 radical (unpaired) electrons. The van der Waals surface area contributed by atoms with Gasteiger partial charge in [-0.15, -0.1) is 0 Å². The molecule has 0 aromatic rings. The van der Waals surface area contributed by atoms with Crippen molar-refractivity contribution in [1.82, 2.24) is 0 Å². The van der Waals surface area contributed by atoms with Gasteiger partial charge in [-0.2, -0.15) is 0 Å². The Morgan fingerprint density at radius 3 is 2.61 bits per heavy atom. The van der Waals surface area contributed by atoms with Crippen molar-refractivity contribution < 1.29 is 14.9 Å². The number of hydrogen-bond donors (Lipinski definition) is 2. The van der Waals surface area contributed by atoms with E-state index in [-0.39, 0.29) is 5.60 Å². The Kier molecular flexibility index (Phi) is 5.55. The summed E-state index contributed by atoms with van der Waals surface area (Å²) in [7, 11) is 0. The van der Waals surface area contributed by atoms with E-state index in [9.17, 15) is 10.2 Å². The minimum Gasteiger partial charge on any atom is -0.389 e. The van der Waals surface area contributed by atoms with Crippen LogP contribution in [0.5, 0.6) is 0 Å². The number of ether oxygens (including phenoxy) is 1. The Morgan fingerprint density at radius 1 is 1.26 bits per heavy atom. The topological polar surface area (TPSA) is 53.0 Å². The van der Waals surface area contributed by atoms with Crippen LogP contribution in [0.25, 0.3) is 0 Å². The molecule has 2 rings (SSSR count). The van der Waals surface area contributed by atoms with Gasteiger partial charge in [-0.05, 0) is 65.9 Å². The maximum Gasteiger partial charge on any atom is 0.0923 e. The van der Waals surface area contributed by atoms with Crippen LogP contribution in [0.1, 0.15) is 66.7 Å². The zero-order valence-electron chi connectivity index (χ0n) is 15.2. The SMILES string of the molecule is CC(C)=C1/C=C/[C@@](C)(O)C[C@@H](O)/C=C(/C)CCC2O[C@@]2(C)CC1. The van der Waals surface area contributed by atoms with Crippen LogP contribution in [0.2, 0.25) is 0 Å². The number of epoxide rings is 1. The molecule has 1 heterocycles. The quantitative estimate of drug-likeness (QED) is 0.523. The van der Waals surface area contributed by atoms with Crippen molar-refractivity contribution in [2.75, 3.05) is 0 Å². The largest absolute Gasteiger partial charge is 0.389 e. The fourth-order valence-electron chi connectivity index (χ4n) is 3.36. The van der Waals surface area contributed by atoms with E-state index < -0.39 is 11.7 Å². The summed E-state index contributed by atoms with van der Waals surface area (Å²) in [5, 5.41) is 20.7. The molecule has 1 aliphatic heterocycles. The van der Waals surface area contributed by atoms with Gasteiger partial charge in [0, 0.05) is 6.42 Å². The summed E-state index contributed by atoms with van der Waals surface area (Å²) in [6.07, 6.45) is 9.63. The maximum absolute atomic E-state index is 10.5. The Hall–Kier alpha value is -0.900. The Morgan fingerprint density at radius 2 is 1.96 bits per heavy atom. The second-order valence-corrected chi connectivity index (χ2v) is 7.96. The molecule has 1 aliphatic carbocycles. The lowest BCUT2D eigenvalue weighted by Gasteiger charge is -2.22. The fraction of sp³-hybridized carbons (Fsp3) is 0.700. The van der Waals surface area contributed by atoms with Gasteiger partial charge in [-0.1, -0.05) is 29.4 Å². The predicted octanol–water partition coefficient (Wildman–Crippen LogP) is 4.06. The summed E-state index contributed by atoms with van der Waals surface area (Å²) in [4.78, 5) is 0. The first-order chi connectivity index (χ1) is 10.6. The molecule has 3 nitrogen and oxygen atoms in total. The van der Waals surface area contributed by atoms with Crippen molar-refractivity contribution in [3.8, 4) is 0 Å². The summed E-state index contributed by atoms with van der Waals surface area (Å²) >= 11 is 0. The minimum atomic E-state index is -1.01. The van der Waals surface area contributed by atoms with Gasteiger partial charge in [0.1, 0.15) is 0 Å². The Balaban J connectivity index is 2.22. The van der Waals surface area contributed by atoms with Crippen LogP contribution in [0.3, 0.4) is 0 Å². The third-order valence-corrected chi connectivity index (χ3v) is 5.11. The molecule has 0 saturated carbocycles. The van der Waals surface area contributed by atoms with E-state index in [0.717, 1.165) is 31.3 Å². The van der Waals surface area contributed by atoms with Crippen LogP contribution in [-0.2, 0) is 4.74 Å². The Labute approximate surface area is 140 Å². The molecule has 0 aromatic carbocycles. The molecule has 1 saturated heterocycles. The summed E-state index contributed by atoms with van der Waals surface area (Å²) in [6, 6.07) is 0. The molecule has 130 valence electrons. The van der Waals surface area contributed by atoms with Crippen LogP contribution in [-0.4, -0.2) is 33.6 Å². The second-order valence-electron chi connectivity index (χ2n) is 7.96. The molecular formula is C20H32O3. The summed E-state index contributed by atoms with van der Waals surface area (Å²) < 4.78 is 5.94. The molecule has 4 atom stereocenters. The van der Waals surface area contributed by atoms with Crippen molar-refractivity contribution in [2.24, 2.45) is 0 Å². The first kappa shape index (κ1) is 18.4. The van der Waals surface area contributed by atoms with Gasteiger partial charge < -0.3 is 14.9 Å². The van der Waals surface area contributed by atoms with Crippen molar-refractivity contribution in [3.63, 3.8) is 0 Å². The first-order valence-electron chi connectivity index (χ1n) is 8.72.